The van der Waals surface area contributed by atoms with Crippen molar-refractivity contribution in [2.24, 2.45) is 11.5 Å². The van der Waals surface area contributed by atoms with Crippen molar-refractivity contribution in [1.29, 1.82) is 0 Å². The molecule has 3 rings (SSSR count). The van der Waals surface area contributed by atoms with Crippen LogP contribution in [-0.2, 0) is 4.79 Å². The van der Waals surface area contributed by atoms with Gasteiger partial charge in [0.1, 0.15) is 10.5 Å². The van der Waals surface area contributed by atoms with Gasteiger partial charge in [0.05, 0.1) is 16.9 Å². The second-order valence-electron chi connectivity index (χ2n) is 5.65. The number of nitrogens with one attached hydrogen (secondary N) is 2. The highest BCUT2D eigenvalue weighted by Crippen LogP contribution is 2.39. The van der Waals surface area contributed by atoms with E-state index in [4.69, 9.17) is 11.5 Å². The molecule has 1 aromatic carbocycles. The molecular weight excluding hydrogens is 314 g/mol. The van der Waals surface area contributed by atoms with Crippen LogP contribution in [0.25, 0.3) is 0 Å². The van der Waals surface area contributed by atoms with E-state index in [1.54, 1.807) is 18.2 Å². The lowest BCUT2D eigenvalue weighted by atomic mass is 10.1. The highest BCUT2D eigenvalue weighted by Gasteiger charge is 2.48. The maximum atomic E-state index is 11.6. The number of nitrogens with two attached hydrogens (primary N) is 2. The number of carbonyl (C=O) groups excluding carboxylic acids is 2. The van der Waals surface area contributed by atoms with Crippen LogP contribution in [0.4, 0.5) is 16.4 Å². The van der Waals surface area contributed by atoms with E-state index in [0.29, 0.717) is 29.8 Å². The molecule has 0 radical (unpaired) electrons. The van der Waals surface area contributed by atoms with E-state index in [1.807, 2.05) is 13.0 Å². The Hall–Kier alpha value is -2.61. The van der Waals surface area contributed by atoms with Crippen molar-refractivity contribution in [1.82, 2.24) is 4.37 Å². The molecule has 1 aliphatic rings. The van der Waals surface area contributed by atoms with Gasteiger partial charge >= 0.3 is 0 Å². The molecule has 6 N–H and O–H groups in total. The van der Waals surface area contributed by atoms with Crippen molar-refractivity contribution < 1.29 is 9.59 Å². The van der Waals surface area contributed by atoms with Gasteiger partial charge in [0, 0.05) is 5.69 Å². The first-order valence-electron chi connectivity index (χ1n) is 7.12. The Kier molecular flexibility index (Phi) is 3.69. The lowest BCUT2D eigenvalue weighted by Gasteiger charge is -2.17. The second kappa shape index (κ2) is 5.54. The van der Waals surface area contributed by atoms with Crippen LogP contribution in [0.5, 0.6) is 0 Å². The zero-order chi connectivity index (χ0) is 16.6. The summed E-state index contributed by atoms with van der Waals surface area (Å²) < 4.78 is 4.19. The minimum absolute atomic E-state index is 0.366. The SMILES string of the molecule is Cc1cc(Nc2cc(NC3(C(N)=O)CC3)ccc2C(N)=O)sn1. The number of anilines is 3. The van der Waals surface area contributed by atoms with Crippen LogP contribution in [-0.4, -0.2) is 21.7 Å². The molecule has 0 aliphatic heterocycles. The number of hydrogen-bond acceptors (Lipinski definition) is 6. The van der Waals surface area contributed by atoms with Gasteiger partial charge in [0.25, 0.3) is 5.91 Å². The van der Waals surface area contributed by atoms with E-state index in [1.165, 1.54) is 11.5 Å². The quantitative estimate of drug-likeness (QED) is 0.642. The fourth-order valence-corrected chi connectivity index (χ4v) is 3.00. The number of aromatic nitrogens is 1. The highest BCUT2D eigenvalue weighted by atomic mass is 32.1. The Morgan fingerprint density at radius 3 is 2.52 bits per heavy atom. The van der Waals surface area contributed by atoms with Gasteiger partial charge in [-0.1, -0.05) is 0 Å². The number of amides is 2. The zero-order valence-corrected chi connectivity index (χ0v) is 13.4. The van der Waals surface area contributed by atoms with Crippen molar-refractivity contribution in [3.8, 4) is 0 Å². The third-order valence-corrected chi connectivity index (χ3v) is 4.57. The normalized spacial score (nSPS) is 15.0. The maximum Gasteiger partial charge on any atom is 0.250 e. The van der Waals surface area contributed by atoms with Crippen LogP contribution < -0.4 is 22.1 Å². The number of primary amides is 2. The standard InChI is InChI=1S/C15H17N5O2S/c1-8-6-12(23-20-8)18-11-7-9(2-3-10(11)13(16)21)19-15(4-5-15)14(17)22/h2-3,6-7,18-19H,4-5H2,1H3,(H2,16,21)(H2,17,22). The Labute approximate surface area is 137 Å². The molecule has 0 bridgehead atoms. The molecule has 2 aromatic rings. The van der Waals surface area contributed by atoms with E-state index in [2.05, 4.69) is 15.0 Å². The summed E-state index contributed by atoms with van der Waals surface area (Å²) in [6.07, 6.45) is 1.41. The first-order valence-corrected chi connectivity index (χ1v) is 7.89. The molecule has 0 saturated heterocycles. The summed E-state index contributed by atoms with van der Waals surface area (Å²) in [6.45, 7) is 1.89. The number of rotatable bonds is 6. The number of carbonyl (C=O) groups is 2. The maximum absolute atomic E-state index is 11.6. The van der Waals surface area contributed by atoms with Gasteiger partial charge in [-0.3, -0.25) is 9.59 Å². The minimum Gasteiger partial charge on any atom is -0.371 e. The topological polar surface area (TPSA) is 123 Å². The van der Waals surface area contributed by atoms with Crippen LogP contribution in [0.15, 0.2) is 24.3 Å². The summed E-state index contributed by atoms with van der Waals surface area (Å²) in [6, 6.07) is 6.96. The molecule has 1 heterocycles. The molecule has 23 heavy (non-hydrogen) atoms. The van der Waals surface area contributed by atoms with Crippen molar-refractivity contribution >= 4 is 39.7 Å². The number of nitrogens with zero attached hydrogens (tertiary/aromatic N) is 1. The smallest absolute Gasteiger partial charge is 0.250 e. The van der Waals surface area contributed by atoms with Crippen molar-refractivity contribution in [3.63, 3.8) is 0 Å². The minimum atomic E-state index is -0.674. The molecule has 2 amide bonds. The van der Waals surface area contributed by atoms with Gasteiger partial charge in [0.2, 0.25) is 5.91 Å². The van der Waals surface area contributed by atoms with Gasteiger partial charge in [0.15, 0.2) is 0 Å². The number of hydrogen-bond donors (Lipinski definition) is 4. The van der Waals surface area contributed by atoms with Gasteiger partial charge in [-0.2, -0.15) is 4.37 Å². The van der Waals surface area contributed by atoms with Crippen LogP contribution in [0.2, 0.25) is 0 Å². The van der Waals surface area contributed by atoms with E-state index < -0.39 is 11.4 Å². The summed E-state index contributed by atoms with van der Waals surface area (Å²) in [5.74, 6) is -0.902. The lowest BCUT2D eigenvalue weighted by molar-refractivity contribution is -0.119. The Morgan fingerprint density at radius 2 is 2.00 bits per heavy atom. The fraction of sp³-hybridized carbons (Fsp3) is 0.267. The van der Waals surface area contributed by atoms with Crippen LogP contribution in [0.3, 0.4) is 0 Å². The first kappa shape index (κ1) is 15.3. The lowest BCUT2D eigenvalue weighted by Crippen LogP contribution is -2.37. The van der Waals surface area contributed by atoms with Gasteiger partial charge in [-0.15, -0.1) is 0 Å². The Bertz CT molecular complexity index is 782. The van der Waals surface area contributed by atoms with Crippen LogP contribution in [0, 0.1) is 6.92 Å². The molecule has 8 heteroatoms. The molecule has 7 nitrogen and oxygen atoms in total. The molecule has 1 aliphatic carbocycles. The Balaban J connectivity index is 1.90. The van der Waals surface area contributed by atoms with Crippen molar-refractivity contribution in [3.05, 3.63) is 35.5 Å². The van der Waals surface area contributed by atoms with Gasteiger partial charge in [-0.25, -0.2) is 0 Å². The predicted molar refractivity (Wildman–Crippen MR) is 89.9 cm³/mol. The second-order valence-corrected chi connectivity index (χ2v) is 6.46. The Morgan fingerprint density at radius 1 is 1.26 bits per heavy atom. The zero-order valence-electron chi connectivity index (χ0n) is 12.6. The molecule has 1 saturated carbocycles. The molecule has 0 spiro atoms. The van der Waals surface area contributed by atoms with E-state index in [0.717, 1.165) is 10.7 Å². The van der Waals surface area contributed by atoms with E-state index in [-0.39, 0.29) is 5.91 Å². The summed E-state index contributed by atoms with van der Waals surface area (Å²) in [7, 11) is 0. The predicted octanol–water partition coefficient (Wildman–Crippen LogP) is 1.72. The average molecular weight is 331 g/mol. The third kappa shape index (κ3) is 3.11. The summed E-state index contributed by atoms with van der Waals surface area (Å²) in [5.41, 5.74) is 12.7. The van der Waals surface area contributed by atoms with Gasteiger partial charge in [-0.05, 0) is 55.6 Å². The third-order valence-electron chi connectivity index (χ3n) is 3.78. The summed E-state index contributed by atoms with van der Waals surface area (Å²) in [4.78, 5) is 23.1. The highest BCUT2D eigenvalue weighted by molar-refractivity contribution is 7.10. The molecule has 120 valence electrons. The average Bonchev–Trinajstić information content (AvgIpc) is 3.15. The van der Waals surface area contributed by atoms with Crippen molar-refractivity contribution in [2.45, 2.75) is 25.3 Å². The number of aryl methyl sites for hydroxylation is 1. The first-order chi connectivity index (χ1) is 10.9. The van der Waals surface area contributed by atoms with Crippen molar-refractivity contribution in [2.75, 3.05) is 10.6 Å². The molecule has 1 fully saturated rings. The van der Waals surface area contributed by atoms with E-state index >= 15 is 0 Å². The van der Waals surface area contributed by atoms with Crippen LogP contribution >= 0.6 is 11.5 Å². The molecule has 0 atom stereocenters. The summed E-state index contributed by atoms with van der Waals surface area (Å²) in [5, 5.41) is 7.10. The van der Waals surface area contributed by atoms with Crippen LogP contribution in [0.1, 0.15) is 28.9 Å². The fourth-order valence-electron chi connectivity index (χ4n) is 2.33. The summed E-state index contributed by atoms with van der Waals surface area (Å²) >= 11 is 1.29. The molecule has 1 aromatic heterocycles. The van der Waals surface area contributed by atoms with E-state index in [9.17, 15) is 9.59 Å². The number of benzene rings is 1. The van der Waals surface area contributed by atoms with Gasteiger partial charge < -0.3 is 22.1 Å². The monoisotopic (exact) mass is 331 g/mol. The molecular formula is C15H17N5O2S. The molecule has 0 unspecified atom stereocenters. The largest absolute Gasteiger partial charge is 0.371 e.